The molecule has 0 aliphatic carbocycles. The zero-order valence-corrected chi connectivity index (χ0v) is 17.0. The largest absolute Gasteiger partial charge is 0.394 e. The number of aliphatic hydroxyl groups is 1. The van der Waals surface area contributed by atoms with Gasteiger partial charge in [0.1, 0.15) is 0 Å². The molecule has 27 heavy (non-hydrogen) atoms. The number of fused-ring (bicyclic) bond motifs is 1. The normalized spacial score (nSPS) is 13.1. The predicted octanol–water partition coefficient (Wildman–Crippen LogP) is 2.18. The van der Waals surface area contributed by atoms with Crippen LogP contribution in [0.15, 0.2) is 62.7 Å². The summed E-state index contributed by atoms with van der Waals surface area (Å²) in [5.41, 5.74) is -0.626. The summed E-state index contributed by atoms with van der Waals surface area (Å²) in [4.78, 5) is 4.25. The number of rotatable bonds is 6. The van der Waals surface area contributed by atoms with Gasteiger partial charge in [-0.1, -0.05) is 18.2 Å². The molecule has 0 aliphatic heterocycles. The second kappa shape index (κ2) is 6.95. The molecule has 1 heterocycles. The van der Waals surface area contributed by atoms with E-state index < -0.39 is 25.4 Å². The Hall–Kier alpha value is -1.85. The molecular formula is C17H18N2O5S3. The van der Waals surface area contributed by atoms with E-state index in [0.29, 0.717) is 10.2 Å². The van der Waals surface area contributed by atoms with Gasteiger partial charge in [-0.2, -0.15) is 0 Å². The van der Waals surface area contributed by atoms with Crippen molar-refractivity contribution in [2.24, 2.45) is 0 Å². The molecule has 3 rings (SSSR count). The third-order valence-corrected chi connectivity index (χ3v) is 8.60. The fourth-order valence-electron chi connectivity index (χ4n) is 2.32. The van der Waals surface area contributed by atoms with Crippen LogP contribution in [-0.4, -0.2) is 39.1 Å². The Morgan fingerprint density at radius 3 is 2.33 bits per heavy atom. The molecule has 0 spiro atoms. The zero-order valence-electron chi connectivity index (χ0n) is 14.6. The average molecular weight is 427 g/mol. The van der Waals surface area contributed by atoms with Crippen LogP contribution in [0.5, 0.6) is 0 Å². The second-order valence-electron chi connectivity index (χ2n) is 6.57. The number of sulfonamides is 1. The molecule has 0 radical (unpaired) electrons. The Labute approximate surface area is 161 Å². The van der Waals surface area contributed by atoms with E-state index in [2.05, 4.69) is 9.71 Å². The highest BCUT2D eigenvalue weighted by Crippen LogP contribution is 2.31. The highest BCUT2D eigenvalue weighted by atomic mass is 32.2. The minimum Gasteiger partial charge on any atom is -0.394 e. The van der Waals surface area contributed by atoms with Gasteiger partial charge in [0, 0.05) is 0 Å². The number of hydrogen-bond donors (Lipinski definition) is 2. The predicted molar refractivity (Wildman–Crippen MR) is 103 cm³/mol. The molecule has 0 saturated carbocycles. The van der Waals surface area contributed by atoms with Crippen LogP contribution in [0.3, 0.4) is 0 Å². The van der Waals surface area contributed by atoms with E-state index in [0.717, 1.165) is 11.3 Å². The zero-order chi connectivity index (χ0) is 19.9. The summed E-state index contributed by atoms with van der Waals surface area (Å²) in [5, 5.41) is 9.28. The van der Waals surface area contributed by atoms with E-state index in [4.69, 9.17) is 0 Å². The molecule has 0 atom stereocenters. The maximum absolute atomic E-state index is 12.7. The molecule has 10 heteroatoms. The Balaban J connectivity index is 2.04. The number of hydrogen-bond acceptors (Lipinski definition) is 7. The van der Waals surface area contributed by atoms with E-state index in [1.807, 2.05) is 0 Å². The first kappa shape index (κ1) is 19.9. The SMILES string of the molecule is CC(C)(CO)NS(=O)(=O)c1ccc2nc(S(=O)(=O)c3ccccc3)sc2c1. The van der Waals surface area contributed by atoms with Crippen molar-refractivity contribution in [1.82, 2.24) is 9.71 Å². The third-order valence-electron chi connectivity index (χ3n) is 3.74. The summed E-state index contributed by atoms with van der Waals surface area (Å²) in [7, 11) is -7.65. The summed E-state index contributed by atoms with van der Waals surface area (Å²) in [5.74, 6) is 0. The van der Waals surface area contributed by atoms with Gasteiger partial charge in [0.15, 0.2) is 0 Å². The van der Waals surface area contributed by atoms with Crippen molar-refractivity contribution < 1.29 is 21.9 Å². The molecule has 2 N–H and O–H groups in total. The average Bonchev–Trinajstić information content (AvgIpc) is 3.06. The van der Waals surface area contributed by atoms with Crippen LogP contribution in [0, 0.1) is 0 Å². The highest BCUT2D eigenvalue weighted by Gasteiger charge is 2.27. The maximum Gasteiger partial charge on any atom is 0.241 e. The molecular weight excluding hydrogens is 408 g/mol. The lowest BCUT2D eigenvalue weighted by atomic mass is 10.1. The van der Waals surface area contributed by atoms with Gasteiger partial charge in [-0.05, 0) is 44.2 Å². The summed E-state index contributed by atoms with van der Waals surface area (Å²) in [6.07, 6.45) is 0. The summed E-state index contributed by atoms with van der Waals surface area (Å²) in [6.45, 7) is 2.75. The maximum atomic E-state index is 12.7. The van der Waals surface area contributed by atoms with Crippen LogP contribution < -0.4 is 4.72 Å². The van der Waals surface area contributed by atoms with Crippen LogP contribution in [0.2, 0.25) is 0 Å². The lowest BCUT2D eigenvalue weighted by molar-refractivity contribution is 0.208. The van der Waals surface area contributed by atoms with Crippen molar-refractivity contribution in [3.63, 3.8) is 0 Å². The topological polar surface area (TPSA) is 113 Å². The van der Waals surface area contributed by atoms with Gasteiger partial charge in [0.25, 0.3) is 0 Å². The van der Waals surface area contributed by atoms with E-state index in [-0.39, 0.29) is 20.7 Å². The smallest absolute Gasteiger partial charge is 0.241 e. The number of thiazole rings is 1. The highest BCUT2D eigenvalue weighted by molar-refractivity contribution is 7.93. The fourth-order valence-corrected chi connectivity index (χ4v) is 6.49. The van der Waals surface area contributed by atoms with E-state index in [1.54, 1.807) is 32.0 Å². The molecule has 3 aromatic rings. The van der Waals surface area contributed by atoms with Gasteiger partial charge in [-0.25, -0.2) is 26.5 Å². The molecule has 0 amide bonds. The van der Waals surface area contributed by atoms with E-state index in [1.165, 1.54) is 30.3 Å². The summed E-state index contributed by atoms with van der Waals surface area (Å²) >= 11 is 0.912. The first-order valence-electron chi connectivity index (χ1n) is 7.91. The van der Waals surface area contributed by atoms with Crippen molar-refractivity contribution >= 4 is 41.4 Å². The number of nitrogens with one attached hydrogen (secondary N) is 1. The Morgan fingerprint density at radius 1 is 1.04 bits per heavy atom. The number of benzene rings is 2. The fraction of sp³-hybridized carbons (Fsp3) is 0.235. The van der Waals surface area contributed by atoms with Gasteiger partial charge in [-0.15, -0.1) is 11.3 Å². The molecule has 2 aromatic carbocycles. The van der Waals surface area contributed by atoms with E-state index >= 15 is 0 Å². The van der Waals surface area contributed by atoms with Crippen molar-refractivity contribution in [3.8, 4) is 0 Å². The van der Waals surface area contributed by atoms with Gasteiger partial charge in [0.05, 0.1) is 32.2 Å². The number of aliphatic hydroxyl groups excluding tert-OH is 1. The van der Waals surface area contributed by atoms with E-state index in [9.17, 15) is 21.9 Å². The molecule has 0 bridgehead atoms. The number of nitrogens with zero attached hydrogens (tertiary/aromatic N) is 1. The van der Waals surface area contributed by atoms with Crippen molar-refractivity contribution in [2.75, 3.05) is 6.61 Å². The van der Waals surface area contributed by atoms with Gasteiger partial charge < -0.3 is 5.11 Å². The monoisotopic (exact) mass is 426 g/mol. The Bertz CT molecular complexity index is 1180. The summed E-state index contributed by atoms with van der Waals surface area (Å²) in [6, 6.07) is 12.1. The lowest BCUT2D eigenvalue weighted by Gasteiger charge is -2.23. The van der Waals surface area contributed by atoms with Crippen LogP contribution in [0.25, 0.3) is 10.2 Å². The first-order chi connectivity index (χ1) is 12.5. The molecule has 144 valence electrons. The van der Waals surface area contributed by atoms with Crippen molar-refractivity contribution in [2.45, 2.75) is 33.5 Å². The Morgan fingerprint density at radius 2 is 1.70 bits per heavy atom. The van der Waals surface area contributed by atoms with Gasteiger partial charge >= 0.3 is 0 Å². The minimum absolute atomic E-state index is 0.0242. The number of aromatic nitrogens is 1. The standard InChI is InChI=1S/C17H18N2O5S3/c1-17(2,11-20)19-27(23,24)13-8-9-14-15(10-13)25-16(18-14)26(21,22)12-6-4-3-5-7-12/h3-10,19-20H,11H2,1-2H3. The number of sulfone groups is 1. The lowest BCUT2D eigenvalue weighted by Crippen LogP contribution is -2.46. The van der Waals surface area contributed by atoms with Crippen LogP contribution >= 0.6 is 11.3 Å². The van der Waals surface area contributed by atoms with Crippen LogP contribution in [0.1, 0.15) is 13.8 Å². The molecule has 0 fully saturated rings. The third kappa shape index (κ3) is 4.04. The summed E-state index contributed by atoms with van der Waals surface area (Å²) < 4.78 is 53.2. The molecule has 0 unspecified atom stereocenters. The van der Waals surface area contributed by atoms with Crippen molar-refractivity contribution in [3.05, 3.63) is 48.5 Å². The molecule has 7 nitrogen and oxygen atoms in total. The first-order valence-corrected chi connectivity index (χ1v) is 11.7. The van der Waals surface area contributed by atoms with Gasteiger partial charge in [-0.3, -0.25) is 0 Å². The molecule has 0 aliphatic rings. The van der Waals surface area contributed by atoms with Crippen LogP contribution in [-0.2, 0) is 19.9 Å². The minimum atomic E-state index is -3.88. The van der Waals surface area contributed by atoms with Gasteiger partial charge in [0.2, 0.25) is 24.2 Å². The van der Waals surface area contributed by atoms with Crippen LogP contribution in [0.4, 0.5) is 0 Å². The second-order valence-corrected chi connectivity index (χ2v) is 11.4. The Kier molecular flexibility index (Phi) is 5.12. The molecule has 0 saturated heterocycles. The molecule has 1 aromatic heterocycles. The van der Waals surface area contributed by atoms with Crippen molar-refractivity contribution in [1.29, 1.82) is 0 Å². The quantitative estimate of drug-likeness (QED) is 0.625.